The Morgan fingerprint density at radius 3 is 2.76 bits per heavy atom. The van der Waals surface area contributed by atoms with Crippen molar-refractivity contribution in [2.24, 2.45) is 7.05 Å². The number of amides is 1. The normalized spacial score (nSPS) is 12.2. The highest BCUT2D eigenvalue weighted by Crippen LogP contribution is 2.19. The molecule has 0 bridgehead atoms. The number of hydrogen-bond donors (Lipinski definition) is 1. The van der Waals surface area contributed by atoms with Crippen LogP contribution in [0.2, 0.25) is 0 Å². The predicted molar refractivity (Wildman–Crippen MR) is 83.8 cm³/mol. The molecular formula is C15H19N3O2S. The fourth-order valence-electron chi connectivity index (χ4n) is 2.12. The Morgan fingerprint density at radius 2 is 2.19 bits per heavy atom. The fourth-order valence-corrected chi connectivity index (χ4v) is 2.90. The number of aryl methyl sites for hydroxylation is 1. The van der Waals surface area contributed by atoms with Gasteiger partial charge in [-0.2, -0.15) is 0 Å². The lowest BCUT2D eigenvalue weighted by molar-refractivity contribution is 0.0933. The second kappa shape index (κ2) is 6.22. The smallest absolute Gasteiger partial charge is 0.263 e. The highest BCUT2D eigenvalue weighted by molar-refractivity contribution is 7.09. The van der Waals surface area contributed by atoms with Gasteiger partial charge in [0.1, 0.15) is 10.6 Å². The molecule has 6 heteroatoms. The molecule has 0 fully saturated rings. The van der Waals surface area contributed by atoms with Crippen LogP contribution >= 0.6 is 11.3 Å². The number of carbonyl (C=O) groups excluding carboxylic acids is 1. The summed E-state index contributed by atoms with van der Waals surface area (Å²) in [5.74, 6) is -0.347. The SMILES string of the molecule is CC[C@@H](NC(=O)c1cc(C)c(C)n(C)c1=O)c1nccs1. The lowest BCUT2D eigenvalue weighted by Crippen LogP contribution is -2.35. The van der Waals surface area contributed by atoms with Crippen molar-refractivity contribution in [1.29, 1.82) is 0 Å². The molecule has 0 saturated heterocycles. The number of rotatable bonds is 4. The summed E-state index contributed by atoms with van der Waals surface area (Å²) in [4.78, 5) is 28.9. The van der Waals surface area contributed by atoms with Gasteiger partial charge in [0, 0.05) is 24.3 Å². The standard InChI is InChI=1S/C15H19N3O2S/c1-5-12(14-16-6-7-21-14)17-13(19)11-8-9(2)10(3)18(4)15(11)20/h6-8,12H,5H2,1-4H3,(H,17,19)/t12-/m1/s1. The van der Waals surface area contributed by atoms with E-state index in [2.05, 4.69) is 10.3 Å². The van der Waals surface area contributed by atoms with E-state index in [4.69, 9.17) is 0 Å². The Labute approximate surface area is 127 Å². The highest BCUT2D eigenvalue weighted by atomic mass is 32.1. The molecule has 2 aromatic rings. The summed E-state index contributed by atoms with van der Waals surface area (Å²) in [6.07, 6.45) is 2.44. The van der Waals surface area contributed by atoms with Crippen molar-refractivity contribution in [3.8, 4) is 0 Å². The van der Waals surface area contributed by atoms with Gasteiger partial charge in [0.15, 0.2) is 0 Å². The molecule has 0 aliphatic rings. The summed E-state index contributed by atoms with van der Waals surface area (Å²) in [5, 5.41) is 5.62. The first kappa shape index (κ1) is 15.4. The van der Waals surface area contributed by atoms with Crippen LogP contribution in [0.25, 0.3) is 0 Å². The van der Waals surface area contributed by atoms with Crippen LogP contribution in [0.4, 0.5) is 0 Å². The zero-order valence-corrected chi connectivity index (χ0v) is 13.5. The van der Waals surface area contributed by atoms with Gasteiger partial charge >= 0.3 is 0 Å². The van der Waals surface area contributed by atoms with Crippen LogP contribution in [0.3, 0.4) is 0 Å². The molecule has 5 nitrogen and oxygen atoms in total. The first-order valence-corrected chi connectivity index (χ1v) is 7.71. The van der Waals surface area contributed by atoms with Crippen molar-refractivity contribution in [2.75, 3.05) is 0 Å². The molecule has 21 heavy (non-hydrogen) atoms. The Hall–Kier alpha value is -1.95. The monoisotopic (exact) mass is 305 g/mol. The molecule has 1 atom stereocenters. The predicted octanol–water partition coefficient (Wildman–Crippen LogP) is 2.34. The molecule has 0 aromatic carbocycles. The highest BCUT2D eigenvalue weighted by Gasteiger charge is 2.19. The second-order valence-electron chi connectivity index (χ2n) is 5.00. The molecule has 0 spiro atoms. The Balaban J connectivity index is 2.31. The van der Waals surface area contributed by atoms with E-state index in [0.29, 0.717) is 0 Å². The zero-order chi connectivity index (χ0) is 15.6. The second-order valence-corrected chi connectivity index (χ2v) is 5.92. The van der Waals surface area contributed by atoms with Crippen LogP contribution in [0.1, 0.15) is 46.0 Å². The fraction of sp³-hybridized carbons (Fsp3) is 0.400. The number of carbonyl (C=O) groups is 1. The molecule has 1 amide bonds. The topological polar surface area (TPSA) is 64.0 Å². The molecule has 2 aromatic heterocycles. The van der Waals surface area contributed by atoms with E-state index in [-0.39, 0.29) is 23.1 Å². The van der Waals surface area contributed by atoms with E-state index in [1.807, 2.05) is 26.2 Å². The van der Waals surface area contributed by atoms with Crippen LogP contribution in [-0.4, -0.2) is 15.5 Å². The van der Waals surface area contributed by atoms with E-state index in [0.717, 1.165) is 22.7 Å². The van der Waals surface area contributed by atoms with Crippen molar-refractivity contribution < 1.29 is 4.79 Å². The molecule has 112 valence electrons. The molecular weight excluding hydrogens is 286 g/mol. The van der Waals surface area contributed by atoms with Gasteiger partial charge in [-0.05, 0) is 31.9 Å². The number of hydrogen-bond acceptors (Lipinski definition) is 4. The molecule has 2 heterocycles. The van der Waals surface area contributed by atoms with E-state index in [1.54, 1.807) is 19.3 Å². The van der Waals surface area contributed by atoms with Crippen molar-refractivity contribution in [3.05, 3.63) is 49.8 Å². The number of pyridine rings is 1. The van der Waals surface area contributed by atoms with Crippen molar-refractivity contribution in [3.63, 3.8) is 0 Å². The van der Waals surface area contributed by atoms with Gasteiger partial charge in [0.2, 0.25) is 0 Å². The molecule has 0 aliphatic heterocycles. The van der Waals surface area contributed by atoms with Gasteiger partial charge in [0.05, 0.1) is 6.04 Å². The van der Waals surface area contributed by atoms with Gasteiger partial charge < -0.3 is 9.88 Å². The van der Waals surface area contributed by atoms with Crippen LogP contribution < -0.4 is 10.9 Å². The van der Waals surface area contributed by atoms with E-state index in [1.165, 1.54) is 15.9 Å². The van der Waals surface area contributed by atoms with E-state index < -0.39 is 0 Å². The summed E-state index contributed by atoms with van der Waals surface area (Å²) >= 11 is 1.50. The van der Waals surface area contributed by atoms with Crippen LogP contribution in [0, 0.1) is 13.8 Å². The van der Waals surface area contributed by atoms with E-state index in [9.17, 15) is 9.59 Å². The van der Waals surface area contributed by atoms with Gasteiger partial charge in [-0.25, -0.2) is 4.98 Å². The summed E-state index contributed by atoms with van der Waals surface area (Å²) in [5.41, 5.74) is 1.69. The van der Waals surface area contributed by atoms with Gasteiger partial charge in [-0.15, -0.1) is 11.3 Å². The molecule has 2 rings (SSSR count). The molecule has 0 aliphatic carbocycles. The quantitative estimate of drug-likeness (QED) is 0.943. The third kappa shape index (κ3) is 3.05. The number of aromatic nitrogens is 2. The first-order valence-electron chi connectivity index (χ1n) is 6.83. The van der Waals surface area contributed by atoms with Crippen LogP contribution in [0.5, 0.6) is 0 Å². The number of nitrogens with one attached hydrogen (secondary N) is 1. The maximum Gasteiger partial charge on any atom is 0.263 e. The lowest BCUT2D eigenvalue weighted by Gasteiger charge is -2.15. The molecule has 1 N–H and O–H groups in total. The average Bonchev–Trinajstić information content (AvgIpc) is 3.00. The maximum absolute atomic E-state index is 12.4. The molecule has 0 saturated carbocycles. The first-order chi connectivity index (χ1) is 9.95. The van der Waals surface area contributed by atoms with Crippen LogP contribution in [0.15, 0.2) is 22.4 Å². The van der Waals surface area contributed by atoms with Crippen LogP contribution in [-0.2, 0) is 7.05 Å². The number of thiazole rings is 1. The lowest BCUT2D eigenvalue weighted by atomic mass is 10.1. The summed E-state index contributed by atoms with van der Waals surface area (Å²) in [6, 6.07) is 1.49. The maximum atomic E-state index is 12.4. The van der Waals surface area contributed by atoms with Gasteiger partial charge in [-0.1, -0.05) is 6.92 Å². The molecule has 0 radical (unpaired) electrons. The van der Waals surface area contributed by atoms with Crippen molar-refractivity contribution in [1.82, 2.24) is 14.9 Å². The molecule has 0 unspecified atom stereocenters. The van der Waals surface area contributed by atoms with Crippen molar-refractivity contribution in [2.45, 2.75) is 33.2 Å². The average molecular weight is 305 g/mol. The van der Waals surface area contributed by atoms with E-state index >= 15 is 0 Å². The Morgan fingerprint density at radius 1 is 1.48 bits per heavy atom. The summed E-state index contributed by atoms with van der Waals surface area (Å²) < 4.78 is 1.51. The zero-order valence-electron chi connectivity index (χ0n) is 12.6. The minimum atomic E-state index is -0.347. The Bertz CT molecular complexity index is 704. The summed E-state index contributed by atoms with van der Waals surface area (Å²) in [6.45, 7) is 5.73. The summed E-state index contributed by atoms with van der Waals surface area (Å²) in [7, 11) is 1.68. The Kier molecular flexibility index (Phi) is 4.57. The number of nitrogens with zero attached hydrogens (tertiary/aromatic N) is 2. The minimum Gasteiger partial charge on any atom is -0.343 e. The van der Waals surface area contributed by atoms with Crippen molar-refractivity contribution >= 4 is 17.2 Å². The minimum absolute atomic E-state index is 0.163. The largest absolute Gasteiger partial charge is 0.343 e. The van der Waals surface area contributed by atoms with Gasteiger partial charge in [0.25, 0.3) is 11.5 Å². The third-order valence-electron chi connectivity index (χ3n) is 3.68. The van der Waals surface area contributed by atoms with Gasteiger partial charge in [-0.3, -0.25) is 9.59 Å². The third-order valence-corrected chi connectivity index (χ3v) is 4.57.